The van der Waals surface area contributed by atoms with Gasteiger partial charge in [0.05, 0.1) is 0 Å². The summed E-state index contributed by atoms with van der Waals surface area (Å²) < 4.78 is 0. The first-order chi connectivity index (χ1) is 9.22. The molecule has 1 aromatic carbocycles. The fraction of sp³-hybridized carbons (Fsp3) is 0.533. The summed E-state index contributed by atoms with van der Waals surface area (Å²) in [4.78, 5) is 10.9. The lowest BCUT2D eigenvalue weighted by Gasteiger charge is -2.23. The highest BCUT2D eigenvalue weighted by atomic mass is 16.4. The van der Waals surface area contributed by atoms with Crippen LogP contribution in [0.3, 0.4) is 0 Å². The van der Waals surface area contributed by atoms with Crippen LogP contribution in [0.5, 0.6) is 11.5 Å². The minimum absolute atomic E-state index is 0.115. The van der Waals surface area contributed by atoms with Crippen molar-refractivity contribution >= 4 is 5.97 Å². The normalized spacial score (nSPS) is 15.6. The van der Waals surface area contributed by atoms with Crippen molar-refractivity contribution in [2.75, 3.05) is 0 Å². The van der Waals surface area contributed by atoms with Crippen molar-refractivity contribution in [3.63, 3.8) is 0 Å². The fourth-order valence-electron chi connectivity index (χ4n) is 2.29. The molecule has 20 heavy (non-hydrogen) atoms. The Balaban J connectivity index is 2.40. The molecule has 2 atom stereocenters. The summed E-state index contributed by atoms with van der Waals surface area (Å²) in [6.07, 6.45) is 2.94. The van der Waals surface area contributed by atoms with E-state index < -0.39 is 11.5 Å². The van der Waals surface area contributed by atoms with E-state index in [-0.39, 0.29) is 17.4 Å². The van der Waals surface area contributed by atoms with Crippen LogP contribution >= 0.6 is 0 Å². The van der Waals surface area contributed by atoms with Crippen LogP contribution in [0.25, 0.3) is 0 Å². The van der Waals surface area contributed by atoms with Gasteiger partial charge >= 0.3 is 5.97 Å². The largest absolute Gasteiger partial charge is 0.504 e. The van der Waals surface area contributed by atoms with Gasteiger partial charge in [-0.2, -0.15) is 0 Å². The van der Waals surface area contributed by atoms with E-state index in [9.17, 15) is 15.0 Å². The Bertz CT molecular complexity index is 471. The lowest BCUT2D eigenvalue weighted by atomic mass is 9.87. The van der Waals surface area contributed by atoms with Gasteiger partial charge in [-0.3, -0.25) is 4.79 Å². The van der Waals surface area contributed by atoms with Crippen molar-refractivity contribution in [3.05, 3.63) is 23.8 Å². The highest BCUT2D eigenvalue weighted by molar-refractivity contribution is 5.77. The molecule has 1 aromatic rings. The number of phenols is 2. The number of hydrogen-bond acceptors (Lipinski definition) is 4. The molecule has 0 spiro atoms. The standard InChI is InChI=1S/C15H23NO4/c1-10(9-15(2,16)14(19)20)4-3-5-11-6-7-12(17)13(18)8-11/h6-8,10,17-18H,3-5,9,16H2,1-2H3,(H,19,20). The second-order valence-corrected chi connectivity index (χ2v) is 5.75. The van der Waals surface area contributed by atoms with Crippen molar-refractivity contribution in [1.82, 2.24) is 0 Å². The van der Waals surface area contributed by atoms with Gasteiger partial charge in [-0.15, -0.1) is 0 Å². The Morgan fingerprint density at radius 1 is 1.35 bits per heavy atom. The number of aliphatic carboxylic acids is 1. The molecule has 0 aliphatic rings. The molecule has 5 nitrogen and oxygen atoms in total. The van der Waals surface area contributed by atoms with E-state index in [1.807, 2.05) is 6.92 Å². The Hall–Kier alpha value is -1.75. The average molecular weight is 281 g/mol. The first-order valence-corrected chi connectivity index (χ1v) is 6.75. The smallest absolute Gasteiger partial charge is 0.323 e. The van der Waals surface area contributed by atoms with E-state index in [4.69, 9.17) is 10.8 Å². The number of phenolic OH excluding ortho intramolecular Hbond substituents is 2. The van der Waals surface area contributed by atoms with Gasteiger partial charge in [0, 0.05) is 0 Å². The Morgan fingerprint density at radius 3 is 2.55 bits per heavy atom. The second-order valence-electron chi connectivity index (χ2n) is 5.75. The first kappa shape index (κ1) is 16.3. The zero-order valence-corrected chi connectivity index (χ0v) is 12.0. The molecular formula is C15H23NO4. The molecule has 1 rings (SSSR count). The molecule has 0 aromatic heterocycles. The molecule has 0 bridgehead atoms. The molecule has 0 heterocycles. The molecule has 5 heteroatoms. The third kappa shape index (κ3) is 4.74. The van der Waals surface area contributed by atoms with Crippen LogP contribution in [0.4, 0.5) is 0 Å². The van der Waals surface area contributed by atoms with Gasteiger partial charge in [0.2, 0.25) is 0 Å². The van der Waals surface area contributed by atoms with Gasteiger partial charge in [0.25, 0.3) is 0 Å². The minimum Gasteiger partial charge on any atom is -0.504 e. The van der Waals surface area contributed by atoms with E-state index in [1.54, 1.807) is 12.1 Å². The molecule has 112 valence electrons. The summed E-state index contributed by atoms with van der Waals surface area (Å²) in [5.41, 5.74) is 5.48. The van der Waals surface area contributed by atoms with Gasteiger partial charge in [-0.05, 0) is 49.8 Å². The second kappa shape index (κ2) is 6.61. The van der Waals surface area contributed by atoms with E-state index in [1.165, 1.54) is 13.0 Å². The van der Waals surface area contributed by atoms with Gasteiger partial charge in [0.15, 0.2) is 11.5 Å². The van der Waals surface area contributed by atoms with Crippen molar-refractivity contribution in [2.45, 2.75) is 45.1 Å². The molecule has 0 saturated carbocycles. The zero-order valence-electron chi connectivity index (χ0n) is 12.0. The van der Waals surface area contributed by atoms with E-state index in [0.29, 0.717) is 6.42 Å². The summed E-state index contributed by atoms with van der Waals surface area (Å²) in [5.74, 6) is -1.00. The van der Waals surface area contributed by atoms with E-state index in [2.05, 4.69) is 0 Å². The number of carboxylic acid groups (broad SMARTS) is 1. The number of nitrogens with two attached hydrogens (primary N) is 1. The van der Waals surface area contributed by atoms with E-state index in [0.717, 1.165) is 24.8 Å². The predicted octanol–water partition coefficient (Wildman–Crippen LogP) is 2.25. The third-order valence-corrected chi connectivity index (χ3v) is 3.46. The van der Waals surface area contributed by atoms with Crippen molar-refractivity contribution < 1.29 is 20.1 Å². The maximum atomic E-state index is 10.9. The lowest BCUT2D eigenvalue weighted by Crippen LogP contribution is -2.46. The van der Waals surface area contributed by atoms with Crippen LogP contribution in [0.2, 0.25) is 0 Å². The number of benzene rings is 1. The highest BCUT2D eigenvalue weighted by Crippen LogP contribution is 2.26. The highest BCUT2D eigenvalue weighted by Gasteiger charge is 2.29. The predicted molar refractivity (Wildman–Crippen MR) is 76.7 cm³/mol. The molecule has 2 unspecified atom stereocenters. The molecule has 0 aliphatic carbocycles. The molecule has 5 N–H and O–H groups in total. The average Bonchev–Trinajstić information content (AvgIpc) is 2.33. The van der Waals surface area contributed by atoms with Crippen molar-refractivity contribution in [2.24, 2.45) is 11.7 Å². The molecular weight excluding hydrogens is 258 g/mol. The number of carbonyl (C=O) groups is 1. The SMILES string of the molecule is CC(CCCc1ccc(O)c(O)c1)CC(C)(N)C(=O)O. The Labute approximate surface area is 119 Å². The maximum absolute atomic E-state index is 10.9. The topological polar surface area (TPSA) is 104 Å². The summed E-state index contributed by atoms with van der Waals surface area (Å²) >= 11 is 0. The Morgan fingerprint density at radius 2 is 2.00 bits per heavy atom. The van der Waals surface area contributed by atoms with Crippen LogP contribution in [-0.4, -0.2) is 26.8 Å². The summed E-state index contributed by atoms with van der Waals surface area (Å²) in [7, 11) is 0. The third-order valence-electron chi connectivity index (χ3n) is 3.46. The zero-order chi connectivity index (χ0) is 15.3. The van der Waals surface area contributed by atoms with Crippen LogP contribution in [0, 0.1) is 5.92 Å². The van der Waals surface area contributed by atoms with Crippen LogP contribution in [-0.2, 0) is 11.2 Å². The van der Waals surface area contributed by atoms with Crippen molar-refractivity contribution in [3.8, 4) is 11.5 Å². The van der Waals surface area contributed by atoms with Gasteiger partial charge in [0.1, 0.15) is 5.54 Å². The number of rotatable bonds is 7. The van der Waals surface area contributed by atoms with Crippen molar-refractivity contribution in [1.29, 1.82) is 0 Å². The molecule has 0 saturated heterocycles. The number of aromatic hydroxyl groups is 2. The summed E-state index contributed by atoms with van der Waals surface area (Å²) in [6, 6.07) is 4.78. The maximum Gasteiger partial charge on any atom is 0.323 e. The first-order valence-electron chi connectivity index (χ1n) is 6.75. The quantitative estimate of drug-likeness (QED) is 0.574. The lowest BCUT2D eigenvalue weighted by molar-refractivity contribution is -0.143. The van der Waals surface area contributed by atoms with Crippen LogP contribution in [0.1, 0.15) is 38.7 Å². The van der Waals surface area contributed by atoms with Gasteiger partial charge in [-0.1, -0.05) is 19.4 Å². The van der Waals surface area contributed by atoms with E-state index >= 15 is 0 Å². The molecule has 0 fully saturated rings. The van der Waals surface area contributed by atoms with Crippen LogP contribution < -0.4 is 5.73 Å². The van der Waals surface area contributed by atoms with Gasteiger partial charge < -0.3 is 21.1 Å². The monoisotopic (exact) mass is 281 g/mol. The number of hydrogen-bond donors (Lipinski definition) is 4. The number of carboxylic acids is 1. The fourth-order valence-corrected chi connectivity index (χ4v) is 2.29. The van der Waals surface area contributed by atoms with Crippen LogP contribution in [0.15, 0.2) is 18.2 Å². The number of aryl methyl sites for hydroxylation is 1. The van der Waals surface area contributed by atoms with Gasteiger partial charge in [-0.25, -0.2) is 0 Å². The molecule has 0 amide bonds. The summed E-state index contributed by atoms with van der Waals surface area (Å²) in [5, 5.41) is 27.6. The minimum atomic E-state index is -1.18. The summed E-state index contributed by atoms with van der Waals surface area (Å²) in [6.45, 7) is 3.52. The Kier molecular flexibility index (Phi) is 5.39. The molecule has 0 radical (unpaired) electrons. The molecule has 0 aliphatic heterocycles.